The van der Waals surface area contributed by atoms with Crippen molar-refractivity contribution in [2.75, 3.05) is 12.3 Å². The zero-order valence-corrected chi connectivity index (χ0v) is 13.7. The molecule has 1 aromatic rings. The number of nitrogens with zero attached hydrogens (tertiary/aromatic N) is 1. The third kappa shape index (κ3) is 3.59. The summed E-state index contributed by atoms with van der Waals surface area (Å²) in [6, 6.07) is 4.88. The molecule has 0 aromatic heterocycles. The van der Waals surface area contributed by atoms with Gasteiger partial charge in [0.1, 0.15) is 5.60 Å². The second kappa shape index (κ2) is 5.99. The lowest BCUT2D eigenvalue weighted by Gasteiger charge is -2.28. The Bertz CT molecular complexity index is 590. The first kappa shape index (κ1) is 16.3. The fraction of sp³-hybridized carbons (Fsp3) is 0.529. The molecular weight excluding hydrogens is 280 g/mol. The number of benzene rings is 1. The number of carbonyl (C=O) groups excluding carboxylic acids is 2. The topological polar surface area (TPSA) is 72.6 Å². The van der Waals surface area contributed by atoms with Crippen molar-refractivity contribution in [3.63, 3.8) is 0 Å². The van der Waals surface area contributed by atoms with Gasteiger partial charge in [-0.05, 0) is 58.2 Å². The molecule has 1 aliphatic rings. The summed E-state index contributed by atoms with van der Waals surface area (Å²) in [4.78, 5) is 26.5. The molecule has 1 aromatic carbocycles. The van der Waals surface area contributed by atoms with Gasteiger partial charge in [0.05, 0.1) is 6.04 Å². The molecule has 22 heavy (non-hydrogen) atoms. The minimum absolute atomic E-state index is 0.110. The van der Waals surface area contributed by atoms with Crippen LogP contribution in [0.4, 0.5) is 10.5 Å². The normalized spacial score (nSPS) is 18.4. The molecule has 1 fully saturated rings. The Morgan fingerprint density at radius 1 is 1.32 bits per heavy atom. The molecule has 1 atom stereocenters. The van der Waals surface area contributed by atoms with E-state index >= 15 is 0 Å². The van der Waals surface area contributed by atoms with Crippen LogP contribution in [0.15, 0.2) is 18.2 Å². The van der Waals surface area contributed by atoms with Crippen LogP contribution in [0.25, 0.3) is 0 Å². The summed E-state index contributed by atoms with van der Waals surface area (Å²) in [6.07, 6.45) is 1.00. The molecule has 0 aliphatic carbocycles. The Balaban J connectivity index is 2.19. The fourth-order valence-electron chi connectivity index (χ4n) is 2.66. The quantitative estimate of drug-likeness (QED) is 0.673. The number of likely N-dealkylation sites (tertiary alicyclic amines) is 1. The van der Waals surface area contributed by atoms with Gasteiger partial charge in [0.2, 0.25) is 0 Å². The monoisotopic (exact) mass is 304 g/mol. The molecule has 1 amide bonds. The fourth-order valence-corrected chi connectivity index (χ4v) is 2.66. The van der Waals surface area contributed by atoms with E-state index in [1.807, 2.05) is 33.8 Å². The van der Waals surface area contributed by atoms with Crippen LogP contribution >= 0.6 is 0 Å². The van der Waals surface area contributed by atoms with E-state index in [9.17, 15) is 9.59 Å². The van der Waals surface area contributed by atoms with Gasteiger partial charge >= 0.3 is 6.09 Å². The minimum Gasteiger partial charge on any atom is -0.444 e. The van der Waals surface area contributed by atoms with Gasteiger partial charge in [0.15, 0.2) is 5.78 Å². The van der Waals surface area contributed by atoms with E-state index in [2.05, 4.69) is 0 Å². The maximum atomic E-state index is 12.7. The zero-order valence-electron chi connectivity index (χ0n) is 13.7. The highest BCUT2D eigenvalue weighted by Gasteiger charge is 2.37. The molecule has 0 saturated carbocycles. The maximum Gasteiger partial charge on any atom is 0.410 e. The number of rotatable bonds is 2. The van der Waals surface area contributed by atoms with E-state index in [0.29, 0.717) is 24.2 Å². The Hall–Kier alpha value is -2.04. The highest BCUT2D eigenvalue weighted by Crippen LogP contribution is 2.26. The van der Waals surface area contributed by atoms with Crippen molar-refractivity contribution in [1.82, 2.24) is 4.90 Å². The average Bonchev–Trinajstić information content (AvgIpc) is 2.85. The number of aryl methyl sites for hydroxylation is 1. The van der Waals surface area contributed by atoms with Crippen LogP contribution in [0, 0.1) is 6.92 Å². The molecule has 1 aliphatic heterocycles. The van der Waals surface area contributed by atoms with E-state index < -0.39 is 17.7 Å². The highest BCUT2D eigenvalue weighted by atomic mass is 16.6. The number of ketones is 1. The molecule has 0 bridgehead atoms. The van der Waals surface area contributed by atoms with Crippen molar-refractivity contribution in [3.05, 3.63) is 29.3 Å². The highest BCUT2D eigenvalue weighted by molar-refractivity contribution is 6.05. The van der Waals surface area contributed by atoms with Gasteiger partial charge in [0, 0.05) is 17.8 Å². The first-order valence-electron chi connectivity index (χ1n) is 7.59. The second-order valence-corrected chi connectivity index (χ2v) is 6.79. The third-order valence-corrected chi connectivity index (χ3v) is 3.66. The predicted octanol–water partition coefficient (Wildman–Crippen LogP) is 3.16. The first-order valence-corrected chi connectivity index (χ1v) is 7.59. The summed E-state index contributed by atoms with van der Waals surface area (Å²) in [5.74, 6) is -0.110. The largest absolute Gasteiger partial charge is 0.444 e. The van der Waals surface area contributed by atoms with Gasteiger partial charge in [-0.3, -0.25) is 9.69 Å². The van der Waals surface area contributed by atoms with Crippen LogP contribution in [0.3, 0.4) is 0 Å². The smallest absolute Gasteiger partial charge is 0.410 e. The average molecular weight is 304 g/mol. The van der Waals surface area contributed by atoms with Crippen LogP contribution in [0.1, 0.15) is 49.5 Å². The standard InChI is InChI=1S/C17H24N2O3/c1-11-7-8-12(13(18)10-11)15(20)14-6-5-9-19(14)16(21)22-17(2,3)4/h7-8,10,14H,5-6,9,18H2,1-4H3. The van der Waals surface area contributed by atoms with Crippen LogP contribution in [-0.2, 0) is 4.74 Å². The van der Waals surface area contributed by atoms with Crippen molar-refractivity contribution < 1.29 is 14.3 Å². The third-order valence-electron chi connectivity index (χ3n) is 3.66. The van der Waals surface area contributed by atoms with Crippen molar-refractivity contribution in [2.45, 2.75) is 52.2 Å². The van der Waals surface area contributed by atoms with Gasteiger partial charge in [-0.1, -0.05) is 6.07 Å². The van der Waals surface area contributed by atoms with Gasteiger partial charge < -0.3 is 10.5 Å². The summed E-state index contributed by atoms with van der Waals surface area (Å²) in [7, 11) is 0. The van der Waals surface area contributed by atoms with Crippen LogP contribution < -0.4 is 5.73 Å². The lowest BCUT2D eigenvalue weighted by Crippen LogP contribution is -2.43. The lowest BCUT2D eigenvalue weighted by atomic mass is 9.99. The number of anilines is 1. The zero-order chi connectivity index (χ0) is 16.5. The van der Waals surface area contributed by atoms with Crippen molar-refractivity contribution >= 4 is 17.6 Å². The molecule has 1 unspecified atom stereocenters. The summed E-state index contributed by atoms with van der Waals surface area (Å²) < 4.78 is 5.39. The van der Waals surface area contributed by atoms with E-state index in [0.717, 1.165) is 12.0 Å². The van der Waals surface area contributed by atoms with Crippen LogP contribution in [0.2, 0.25) is 0 Å². The SMILES string of the molecule is Cc1ccc(C(=O)C2CCCN2C(=O)OC(C)(C)C)c(N)c1. The van der Waals surface area contributed by atoms with Crippen LogP contribution in [0.5, 0.6) is 0 Å². The molecule has 2 N–H and O–H groups in total. The van der Waals surface area contributed by atoms with E-state index in [4.69, 9.17) is 10.5 Å². The van der Waals surface area contributed by atoms with Crippen molar-refractivity contribution in [1.29, 1.82) is 0 Å². The van der Waals surface area contributed by atoms with Gasteiger partial charge in [0.25, 0.3) is 0 Å². The Labute approximate surface area is 131 Å². The van der Waals surface area contributed by atoms with Gasteiger partial charge in [-0.25, -0.2) is 4.79 Å². The molecule has 5 heteroatoms. The van der Waals surface area contributed by atoms with Gasteiger partial charge in [-0.15, -0.1) is 0 Å². The number of hydrogen-bond acceptors (Lipinski definition) is 4. The van der Waals surface area contributed by atoms with Crippen molar-refractivity contribution in [3.8, 4) is 0 Å². The number of carbonyl (C=O) groups is 2. The Morgan fingerprint density at radius 3 is 2.59 bits per heavy atom. The Kier molecular flexibility index (Phi) is 4.44. The Morgan fingerprint density at radius 2 is 2.00 bits per heavy atom. The number of nitrogens with two attached hydrogens (primary N) is 1. The molecule has 2 rings (SSSR count). The van der Waals surface area contributed by atoms with Gasteiger partial charge in [-0.2, -0.15) is 0 Å². The summed E-state index contributed by atoms with van der Waals surface area (Å²) >= 11 is 0. The second-order valence-electron chi connectivity index (χ2n) is 6.79. The summed E-state index contributed by atoms with van der Waals surface area (Å²) in [5, 5.41) is 0. The molecule has 0 radical (unpaired) electrons. The number of ether oxygens (including phenoxy) is 1. The number of Topliss-reactive ketones (excluding diaryl/α,β-unsaturated/α-hetero) is 1. The number of nitrogen functional groups attached to an aromatic ring is 1. The number of amides is 1. The predicted molar refractivity (Wildman–Crippen MR) is 85.9 cm³/mol. The lowest BCUT2D eigenvalue weighted by molar-refractivity contribution is 0.0222. The molecule has 1 heterocycles. The van der Waals surface area contributed by atoms with Crippen molar-refractivity contribution in [2.24, 2.45) is 0 Å². The summed E-state index contributed by atoms with van der Waals surface area (Å²) in [6.45, 7) is 7.91. The first-order chi connectivity index (χ1) is 10.2. The maximum absolute atomic E-state index is 12.7. The molecule has 1 saturated heterocycles. The molecular formula is C17H24N2O3. The minimum atomic E-state index is -0.573. The van der Waals surface area contributed by atoms with E-state index in [1.165, 1.54) is 4.90 Å². The molecule has 120 valence electrons. The van der Waals surface area contributed by atoms with E-state index in [-0.39, 0.29) is 5.78 Å². The number of hydrogen-bond donors (Lipinski definition) is 1. The molecule has 0 spiro atoms. The summed E-state index contributed by atoms with van der Waals surface area (Å²) in [5.41, 5.74) is 7.33. The van der Waals surface area contributed by atoms with Crippen LogP contribution in [-0.4, -0.2) is 35.0 Å². The molecule has 5 nitrogen and oxygen atoms in total. The van der Waals surface area contributed by atoms with E-state index in [1.54, 1.807) is 12.1 Å².